The number of carbonyl (C=O) groups is 1. The van der Waals surface area contributed by atoms with Crippen molar-refractivity contribution in [3.8, 4) is 11.1 Å². The summed E-state index contributed by atoms with van der Waals surface area (Å²) in [6.45, 7) is 0. The van der Waals surface area contributed by atoms with Gasteiger partial charge in [0.25, 0.3) is 0 Å². The molecule has 17 heavy (non-hydrogen) atoms. The molecule has 1 aliphatic carbocycles. The number of aryl methyl sites for hydroxylation is 2. The quantitative estimate of drug-likeness (QED) is 0.810. The first-order valence-corrected chi connectivity index (χ1v) is 5.56. The van der Waals surface area contributed by atoms with Crippen LogP contribution in [0.3, 0.4) is 0 Å². The van der Waals surface area contributed by atoms with Gasteiger partial charge in [-0.2, -0.15) is 5.10 Å². The molecule has 4 nitrogen and oxygen atoms in total. The highest BCUT2D eigenvalue weighted by molar-refractivity contribution is 5.95. The lowest BCUT2D eigenvalue weighted by molar-refractivity contribution is 0.0690. The number of hydrogen-bond acceptors (Lipinski definition) is 2. The lowest BCUT2D eigenvalue weighted by Gasteiger charge is -2.16. The number of fused-ring (bicyclic) bond motifs is 3. The van der Waals surface area contributed by atoms with Gasteiger partial charge in [0, 0.05) is 18.3 Å². The summed E-state index contributed by atoms with van der Waals surface area (Å²) in [6.07, 6.45) is 1.80. The maximum absolute atomic E-state index is 11.2. The van der Waals surface area contributed by atoms with Crippen LogP contribution in [0.15, 0.2) is 24.3 Å². The molecule has 4 heteroatoms. The monoisotopic (exact) mass is 228 g/mol. The molecule has 0 bridgehead atoms. The van der Waals surface area contributed by atoms with Gasteiger partial charge in [-0.25, -0.2) is 4.79 Å². The van der Waals surface area contributed by atoms with Crippen LogP contribution in [0.2, 0.25) is 0 Å². The Bertz CT molecular complexity index is 614. The molecule has 0 unspecified atom stereocenters. The van der Waals surface area contributed by atoms with E-state index in [2.05, 4.69) is 11.2 Å². The molecule has 0 atom stereocenters. The van der Waals surface area contributed by atoms with Crippen molar-refractivity contribution in [3.05, 3.63) is 41.2 Å². The lowest BCUT2D eigenvalue weighted by atomic mass is 9.88. The van der Waals surface area contributed by atoms with Crippen molar-refractivity contribution in [1.29, 1.82) is 0 Å². The maximum Gasteiger partial charge on any atom is 0.357 e. The number of aromatic carboxylic acids is 1. The second-order valence-corrected chi connectivity index (χ2v) is 4.26. The average molecular weight is 228 g/mol. The molecule has 1 N–H and O–H groups in total. The highest BCUT2D eigenvalue weighted by atomic mass is 16.4. The Balaban J connectivity index is 2.33. The van der Waals surface area contributed by atoms with Crippen LogP contribution >= 0.6 is 0 Å². The van der Waals surface area contributed by atoms with E-state index in [1.54, 1.807) is 11.7 Å². The van der Waals surface area contributed by atoms with Crippen LogP contribution in [-0.4, -0.2) is 20.9 Å². The fourth-order valence-corrected chi connectivity index (χ4v) is 2.51. The molecule has 86 valence electrons. The van der Waals surface area contributed by atoms with Gasteiger partial charge in [-0.05, 0) is 24.0 Å². The van der Waals surface area contributed by atoms with Gasteiger partial charge >= 0.3 is 5.97 Å². The van der Waals surface area contributed by atoms with Gasteiger partial charge in [-0.1, -0.05) is 24.3 Å². The minimum atomic E-state index is -0.960. The fourth-order valence-electron chi connectivity index (χ4n) is 2.51. The lowest BCUT2D eigenvalue weighted by Crippen LogP contribution is -2.07. The molecule has 0 saturated heterocycles. The molecule has 1 aliphatic rings. The zero-order valence-electron chi connectivity index (χ0n) is 9.47. The molecular weight excluding hydrogens is 216 g/mol. The highest BCUT2D eigenvalue weighted by Gasteiger charge is 2.26. The normalized spacial score (nSPS) is 13.0. The van der Waals surface area contributed by atoms with Gasteiger partial charge in [-0.3, -0.25) is 4.68 Å². The summed E-state index contributed by atoms with van der Waals surface area (Å²) in [6, 6.07) is 7.95. The first kappa shape index (κ1) is 10.1. The molecule has 0 fully saturated rings. The Morgan fingerprint density at radius 1 is 1.35 bits per heavy atom. The summed E-state index contributed by atoms with van der Waals surface area (Å²) in [5.74, 6) is -0.960. The Labute approximate surface area is 98.5 Å². The van der Waals surface area contributed by atoms with Crippen LogP contribution in [0.5, 0.6) is 0 Å². The van der Waals surface area contributed by atoms with E-state index in [0.717, 1.165) is 29.7 Å². The highest BCUT2D eigenvalue weighted by Crippen LogP contribution is 2.35. The van der Waals surface area contributed by atoms with E-state index in [-0.39, 0.29) is 5.69 Å². The molecule has 0 radical (unpaired) electrons. The number of aromatic nitrogens is 2. The van der Waals surface area contributed by atoms with E-state index >= 15 is 0 Å². The van der Waals surface area contributed by atoms with Crippen molar-refractivity contribution in [2.24, 2.45) is 7.05 Å². The zero-order chi connectivity index (χ0) is 12.0. The fraction of sp³-hybridized carbons (Fsp3) is 0.231. The molecule has 2 aromatic rings. The van der Waals surface area contributed by atoms with Crippen molar-refractivity contribution in [3.63, 3.8) is 0 Å². The molecule has 1 heterocycles. The molecule has 1 aromatic carbocycles. The van der Waals surface area contributed by atoms with E-state index in [4.69, 9.17) is 0 Å². The molecule has 0 spiro atoms. The smallest absolute Gasteiger partial charge is 0.357 e. The standard InChI is InChI=1S/C13H12N2O2/c1-15-10-7-6-8-4-2-3-5-9(8)11(10)12(14-15)13(16)17/h2-5H,6-7H2,1H3,(H,16,17). The van der Waals surface area contributed by atoms with Gasteiger partial charge < -0.3 is 5.11 Å². The third-order valence-corrected chi connectivity index (χ3v) is 3.29. The van der Waals surface area contributed by atoms with Gasteiger partial charge in [0.05, 0.1) is 0 Å². The second kappa shape index (κ2) is 3.45. The molecular formula is C13H12N2O2. The predicted octanol–water partition coefficient (Wildman–Crippen LogP) is 1.88. The maximum atomic E-state index is 11.2. The Kier molecular flexibility index (Phi) is 2.04. The third-order valence-electron chi connectivity index (χ3n) is 3.29. The van der Waals surface area contributed by atoms with Gasteiger partial charge in [0.15, 0.2) is 5.69 Å². The third kappa shape index (κ3) is 1.37. The Morgan fingerprint density at radius 2 is 2.12 bits per heavy atom. The number of rotatable bonds is 1. The zero-order valence-corrected chi connectivity index (χ0v) is 9.47. The summed E-state index contributed by atoms with van der Waals surface area (Å²) in [4.78, 5) is 11.2. The Hall–Kier alpha value is -2.10. The number of carboxylic acids is 1. The van der Waals surface area contributed by atoms with Crippen LogP contribution in [0, 0.1) is 0 Å². The van der Waals surface area contributed by atoms with Crippen LogP contribution < -0.4 is 0 Å². The van der Waals surface area contributed by atoms with Crippen LogP contribution in [-0.2, 0) is 19.9 Å². The van der Waals surface area contributed by atoms with Crippen LogP contribution in [0.25, 0.3) is 11.1 Å². The minimum absolute atomic E-state index is 0.162. The second-order valence-electron chi connectivity index (χ2n) is 4.26. The molecule has 0 saturated carbocycles. The number of benzene rings is 1. The molecule has 3 rings (SSSR count). The molecule has 1 aromatic heterocycles. The predicted molar refractivity (Wildman–Crippen MR) is 63.0 cm³/mol. The van der Waals surface area contributed by atoms with E-state index in [9.17, 15) is 9.90 Å². The average Bonchev–Trinajstić information content (AvgIpc) is 2.67. The van der Waals surface area contributed by atoms with E-state index < -0.39 is 5.97 Å². The van der Waals surface area contributed by atoms with Gasteiger partial charge in [0.1, 0.15) is 0 Å². The number of nitrogens with zero attached hydrogens (tertiary/aromatic N) is 2. The summed E-state index contributed by atoms with van der Waals surface area (Å²) in [7, 11) is 1.80. The first-order chi connectivity index (χ1) is 8.18. The van der Waals surface area contributed by atoms with Crippen molar-refractivity contribution < 1.29 is 9.90 Å². The Morgan fingerprint density at radius 3 is 2.88 bits per heavy atom. The van der Waals surface area contributed by atoms with Gasteiger partial charge in [0.2, 0.25) is 0 Å². The largest absolute Gasteiger partial charge is 0.476 e. The molecule has 0 amide bonds. The summed E-state index contributed by atoms with van der Waals surface area (Å²) >= 11 is 0. The number of hydrogen-bond donors (Lipinski definition) is 1. The van der Waals surface area contributed by atoms with E-state index in [1.807, 2.05) is 18.2 Å². The summed E-state index contributed by atoms with van der Waals surface area (Å²) in [5, 5.41) is 13.3. The van der Waals surface area contributed by atoms with Crippen molar-refractivity contribution >= 4 is 5.97 Å². The topological polar surface area (TPSA) is 55.1 Å². The number of carboxylic acid groups (broad SMARTS) is 1. The van der Waals surface area contributed by atoms with Gasteiger partial charge in [-0.15, -0.1) is 0 Å². The first-order valence-electron chi connectivity index (χ1n) is 5.56. The summed E-state index contributed by atoms with van der Waals surface area (Å²) in [5.41, 5.74) is 4.19. The van der Waals surface area contributed by atoms with Crippen molar-refractivity contribution in [1.82, 2.24) is 9.78 Å². The van der Waals surface area contributed by atoms with Crippen molar-refractivity contribution in [2.75, 3.05) is 0 Å². The molecule has 0 aliphatic heterocycles. The van der Waals surface area contributed by atoms with Crippen molar-refractivity contribution in [2.45, 2.75) is 12.8 Å². The SMILES string of the molecule is Cn1nc(C(=O)O)c2c1CCc1ccccc1-2. The van der Waals surface area contributed by atoms with E-state index in [1.165, 1.54) is 5.56 Å². The summed E-state index contributed by atoms with van der Waals surface area (Å²) < 4.78 is 1.69. The van der Waals surface area contributed by atoms with E-state index in [0.29, 0.717) is 0 Å². The minimum Gasteiger partial charge on any atom is -0.476 e. The van der Waals surface area contributed by atoms with Crippen LogP contribution in [0.1, 0.15) is 21.7 Å². The van der Waals surface area contributed by atoms with Crippen LogP contribution in [0.4, 0.5) is 0 Å².